The molecule has 2 rings (SSSR count). The van der Waals surface area contributed by atoms with Gasteiger partial charge in [0, 0.05) is 11.7 Å². The van der Waals surface area contributed by atoms with Crippen molar-refractivity contribution in [1.82, 2.24) is 5.32 Å². The van der Waals surface area contributed by atoms with E-state index in [0.717, 1.165) is 17.7 Å². The number of carbonyl (C=O) groups excluding carboxylic acids is 1. The predicted octanol–water partition coefficient (Wildman–Crippen LogP) is 0.593. The molecule has 0 aliphatic carbocycles. The summed E-state index contributed by atoms with van der Waals surface area (Å²) in [4.78, 5) is 24.5. The molecule has 0 saturated carbocycles. The van der Waals surface area contributed by atoms with Crippen molar-refractivity contribution in [2.24, 2.45) is 0 Å². The lowest BCUT2D eigenvalue weighted by atomic mass is 10.1. The van der Waals surface area contributed by atoms with Gasteiger partial charge in [-0.2, -0.15) is 0 Å². The van der Waals surface area contributed by atoms with Crippen LogP contribution >= 0.6 is 0 Å². The maximum absolute atomic E-state index is 12.1. The monoisotopic (exact) mass is 264 g/mol. The van der Waals surface area contributed by atoms with Crippen LogP contribution in [0.5, 0.6) is 0 Å². The summed E-state index contributed by atoms with van der Waals surface area (Å²) in [6.07, 6.45) is 0.737. The molecular weight excluding hydrogens is 248 g/mol. The molecule has 2 atom stereocenters. The van der Waals surface area contributed by atoms with E-state index in [1.165, 1.54) is 4.90 Å². The first-order valence-electron chi connectivity index (χ1n) is 6.06. The van der Waals surface area contributed by atoms with Gasteiger partial charge in [-0.15, -0.1) is 0 Å². The average molecular weight is 264 g/mol. The number of carboxylic acid groups (broad SMARTS) is 1. The van der Waals surface area contributed by atoms with Crippen LogP contribution in [0, 0.1) is 0 Å². The minimum absolute atomic E-state index is 0.0365. The van der Waals surface area contributed by atoms with Crippen LogP contribution in [0.3, 0.4) is 0 Å². The van der Waals surface area contributed by atoms with Gasteiger partial charge >= 0.3 is 12.0 Å². The number of carboxylic acids is 1. The summed E-state index contributed by atoms with van der Waals surface area (Å²) in [7, 11) is 0. The van der Waals surface area contributed by atoms with E-state index in [4.69, 9.17) is 10.2 Å². The summed E-state index contributed by atoms with van der Waals surface area (Å²) in [5, 5.41) is 20.1. The summed E-state index contributed by atoms with van der Waals surface area (Å²) >= 11 is 0. The minimum atomic E-state index is -1.28. The SMILES string of the molecule is CC1Cc2ccccc2N1C(=O)N[C@@H](CO)C(=O)O. The molecule has 0 aromatic heterocycles. The third kappa shape index (κ3) is 2.53. The molecule has 0 saturated heterocycles. The predicted molar refractivity (Wildman–Crippen MR) is 69.1 cm³/mol. The number of fused-ring (bicyclic) bond motifs is 1. The molecule has 6 heteroatoms. The second kappa shape index (κ2) is 5.27. The van der Waals surface area contributed by atoms with E-state index in [0.29, 0.717) is 0 Å². The Morgan fingerprint density at radius 1 is 1.47 bits per heavy atom. The van der Waals surface area contributed by atoms with Crippen LogP contribution < -0.4 is 10.2 Å². The van der Waals surface area contributed by atoms with Crippen LogP contribution in [-0.2, 0) is 11.2 Å². The highest BCUT2D eigenvalue weighted by Gasteiger charge is 2.32. The molecule has 1 aliphatic heterocycles. The van der Waals surface area contributed by atoms with Gasteiger partial charge in [0.15, 0.2) is 6.04 Å². The van der Waals surface area contributed by atoms with Gasteiger partial charge in [0.05, 0.1) is 6.61 Å². The number of hydrogen-bond donors (Lipinski definition) is 3. The van der Waals surface area contributed by atoms with Crippen molar-refractivity contribution < 1.29 is 19.8 Å². The molecule has 3 N–H and O–H groups in total. The smallest absolute Gasteiger partial charge is 0.328 e. The summed E-state index contributed by atoms with van der Waals surface area (Å²) in [5.41, 5.74) is 1.84. The number of aliphatic hydroxyl groups excluding tert-OH is 1. The topological polar surface area (TPSA) is 89.9 Å². The number of amides is 2. The van der Waals surface area contributed by atoms with Gasteiger partial charge < -0.3 is 15.5 Å². The molecular formula is C13H16N2O4. The van der Waals surface area contributed by atoms with Crippen LogP contribution in [0.25, 0.3) is 0 Å². The van der Waals surface area contributed by atoms with Crippen molar-refractivity contribution in [2.45, 2.75) is 25.4 Å². The number of aliphatic carboxylic acids is 1. The summed E-state index contributed by atoms with van der Waals surface area (Å²) in [6, 6.07) is 5.68. The fourth-order valence-corrected chi connectivity index (χ4v) is 2.28. The average Bonchev–Trinajstić information content (AvgIpc) is 2.71. The Bertz CT molecular complexity index is 503. The number of urea groups is 1. The van der Waals surface area contributed by atoms with Gasteiger partial charge in [-0.05, 0) is 25.0 Å². The van der Waals surface area contributed by atoms with Crippen LogP contribution in [-0.4, -0.2) is 40.9 Å². The molecule has 2 amide bonds. The highest BCUT2D eigenvalue weighted by Crippen LogP contribution is 2.31. The van der Waals surface area contributed by atoms with E-state index >= 15 is 0 Å². The molecule has 102 valence electrons. The lowest BCUT2D eigenvalue weighted by molar-refractivity contribution is -0.140. The third-order valence-electron chi connectivity index (χ3n) is 3.20. The zero-order chi connectivity index (χ0) is 14.0. The second-order valence-electron chi connectivity index (χ2n) is 4.57. The van der Waals surface area contributed by atoms with Gasteiger partial charge in [-0.25, -0.2) is 9.59 Å². The van der Waals surface area contributed by atoms with Crippen LogP contribution in [0.2, 0.25) is 0 Å². The molecule has 0 spiro atoms. The number of anilines is 1. The Balaban J connectivity index is 2.18. The Labute approximate surface area is 110 Å². The van der Waals surface area contributed by atoms with E-state index in [2.05, 4.69) is 5.32 Å². The maximum Gasteiger partial charge on any atom is 0.328 e. The fraction of sp³-hybridized carbons (Fsp3) is 0.385. The number of rotatable bonds is 3. The van der Waals surface area contributed by atoms with Crippen molar-refractivity contribution in [1.29, 1.82) is 0 Å². The summed E-state index contributed by atoms with van der Waals surface area (Å²) in [5.74, 6) is -1.25. The van der Waals surface area contributed by atoms with Crippen molar-refractivity contribution in [2.75, 3.05) is 11.5 Å². The zero-order valence-electron chi connectivity index (χ0n) is 10.5. The molecule has 1 heterocycles. The molecule has 6 nitrogen and oxygen atoms in total. The number of para-hydroxylation sites is 1. The van der Waals surface area contributed by atoms with E-state index in [-0.39, 0.29) is 6.04 Å². The summed E-state index contributed by atoms with van der Waals surface area (Å²) < 4.78 is 0. The first kappa shape index (κ1) is 13.4. The Kier molecular flexibility index (Phi) is 3.71. The maximum atomic E-state index is 12.1. The third-order valence-corrected chi connectivity index (χ3v) is 3.20. The lowest BCUT2D eigenvalue weighted by Crippen LogP contribution is -2.51. The minimum Gasteiger partial charge on any atom is -0.480 e. The molecule has 1 aliphatic rings. The van der Waals surface area contributed by atoms with E-state index in [1.54, 1.807) is 0 Å². The molecule has 1 unspecified atom stereocenters. The standard InChI is InChI=1S/C13H16N2O4/c1-8-6-9-4-2-3-5-11(9)15(8)13(19)14-10(7-16)12(17)18/h2-5,8,10,16H,6-7H2,1H3,(H,14,19)(H,17,18)/t8?,10-/m0/s1. The van der Waals surface area contributed by atoms with Crippen LogP contribution in [0.1, 0.15) is 12.5 Å². The number of aliphatic hydroxyl groups is 1. The molecule has 0 bridgehead atoms. The zero-order valence-corrected chi connectivity index (χ0v) is 10.5. The lowest BCUT2D eigenvalue weighted by Gasteiger charge is -2.24. The van der Waals surface area contributed by atoms with Crippen LogP contribution in [0.15, 0.2) is 24.3 Å². The highest BCUT2D eigenvalue weighted by molar-refractivity contribution is 5.96. The van der Waals surface area contributed by atoms with Crippen molar-refractivity contribution in [3.8, 4) is 0 Å². The normalized spacial score (nSPS) is 18.8. The van der Waals surface area contributed by atoms with Gasteiger partial charge in [0.25, 0.3) is 0 Å². The van der Waals surface area contributed by atoms with E-state index in [9.17, 15) is 9.59 Å². The van der Waals surface area contributed by atoms with Crippen molar-refractivity contribution >= 4 is 17.7 Å². The number of benzene rings is 1. The first-order valence-corrected chi connectivity index (χ1v) is 6.06. The number of carbonyl (C=O) groups is 2. The van der Waals surface area contributed by atoms with E-state index < -0.39 is 24.6 Å². The van der Waals surface area contributed by atoms with Gasteiger partial charge in [0.1, 0.15) is 0 Å². The summed E-state index contributed by atoms with van der Waals surface area (Å²) in [6.45, 7) is 1.26. The fourth-order valence-electron chi connectivity index (χ4n) is 2.28. The van der Waals surface area contributed by atoms with Gasteiger partial charge in [0.2, 0.25) is 0 Å². The molecule has 1 aromatic rings. The van der Waals surface area contributed by atoms with Crippen molar-refractivity contribution in [3.63, 3.8) is 0 Å². The largest absolute Gasteiger partial charge is 0.480 e. The van der Waals surface area contributed by atoms with Crippen LogP contribution in [0.4, 0.5) is 10.5 Å². The number of hydrogen-bond acceptors (Lipinski definition) is 3. The van der Waals surface area contributed by atoms with Gasteiger partial charge in [-0.1, -0.05) is 18.2 Å². The molecule has 0 fully saturated rings. The first-order chi connectivity index (χ1) is 9.04. The Morgan fingerprint density at radius 2 is 2.16 bits per heavy atom. The van der Waals surface area contributed by atoms with Crippen molar-refractivity contribution in [3.05, 3.63) is 29.8 Å². The number of nitrogens with one attached hydrogen (secondary N) is 1. The van der Waals surface area contributed by atoms with E-state index in [1.807, 2.05) is 31.2 Å². The number of nitrogens with zero attached hydrogens (tertiary/aromatic N) is 1. The molecule has 19 heavy (non-hydrogen) atoms. The Hall–Kier alpha value is -2.08. The Morgan fingerprint density at radius 3 is 2.79 bits per heavy atom. The second-order valence-corrected chi connectivity index (χ2v) is 4.57. The molecule has 1 aromatic carbocycles. The quantitative estimate of drug-likeness (QED) is 0.745. The van der Waals surface area contributed by atoms with Gasteiger partial charge in [-0.3, -0.25) is 4.90 Å². The highest BCUT2D eigenvalue weighted by atomic mass is 16.4. The molecule has 0 radical (unpaired) electrons.